The van der Waals surface area contributed by atoms with Gasteiger partial charge in [0, 0.05) is 18.0 Å². The molecule has 0 bridgehead atoms. The monoisotopic (exact) mass is 237 g/mol. The fraction of sp³-hybridized carbons (Fsp3) is 0.583. The largest absolute Gasteiger partial charge is 0.311 e. The van der Waals surface area contributed by atoms with Gasteiger partial charge in [0.1, 0.15) is 6.17 Å². The fourth-order valence-electron chi connectivity index (χ4n) is 2.09. The Labute approximate surface area is 101 Å². The lowest BCUT2D eigenvalue weighted by Gasteiger charge is -2.37. The summed E-state index contributed by atoms with van der Waals surface area (Å²) in [5.41, 5.74) is -0.374. The first-order valence-corrected chi connectivity index (χ1v) is 5.66. The Balaban J connectivity index is 2.45. The second-order valence-corrected chi connectivity index (χ2v) is 5.47. The molecular formula is C12H19N3O2. The number of hydroxylamine groups is 4. The van der Waals surface area contributed by atoms with Crippen LogP contribution in [0.2, 0.25) is 0 Å². The Bertz CT molecular complexity index is 385. The van der Waals surface area contributed by atoms with Gasteiger partial charge in [-0.2, -0.15) is 10.1 Å². The normalized spacial score (nSPS) is 25.3. The Morgan fingerprint density at radius 3 is 2.06 bits per heavy atom. The Hall–Kier alpha value is -1.01. The van der Waals surface area contributed by atoms with E-state index in [4.69, 9.17) is 0 Å². The summed E-state index contributed by atoms with van der Waals surface area (Å²) in [5.74, 6) is 0. The molecule has 1 fully saturated rings. The van der Waals surface area contributed by atoms with Crippen LogP contribution in [0.4, 0.5) is 0 Å². The van der Waals surface area contributed by atoms with Crippen LogP contribution in [0.1, 0.15) is 39.4 Å². The number of pyridine rings is 1. The zero-order valence-electron chi connectivity index (χ0n) is 10.6. The third kappa shape index (κ3) is 1.58. The quantitative estimate of drug-likeness (QED) is 0.782. The number of aromatic nitrogens is 1. The van der Waals surface area contributed by atoms with Crippen LogP contribution in [-0.2, 0) is 0 Å². The summed E-state index contributed by atoms with van der Waals surface area (Å²) >= 11 is 0. The first-order chi connectivity index (χ1) is 7.80. The molecule has 0 aromatic carbocycles. The number of rotatable bonds is 1. The molecule has 17 heavy (non-hydrogen) atoms. The van der Waals surface area contributed by atoms with E-state index in [1.807, 2.05) is 33.8 Å². The van der Waals surface area contributed by atoms with Gasteiger partial charge in [0.2, 0.25) is 0 Å². The van der Waals surface area contributed by atoms with Crippen LogP contribution in [0.5, 0.6) is 0 Å². The zero-order valence-corrected chi connectivity index (χ0v) is 10.6. The molecule has 0 saturated carbocycles. The number of hydrogen-bond acceptors (Lipinski definition) is 5. The lowest BCUT2D eigenvalue weighted by Crippen LogP contribution is -2.52. The summed E-state index contributed by atoms with van der Waals surface area (Å²) in [6.45, 7) is 7.58. The van der Waals surface area contributed by atoms with Crippen LogP contribution in [0, 0.1) is 0 Å². The van der Waals surface area contributed by atoms with E-state index in [2.05, 4.69) is 4.98 Å². The Kier molecular flexibility index (Phi) is 2.74. The molecule has 0 radical (unpaired) electrons. The van der Waals surface area contributed by atoms with Crippen LogP contribution in [0.25, 0.3) is 0 Å². The predicted octanol–water partition coefficient (Wildman–Crippen LogP) is 2.03. The molecule has 1 aromatic rings. The topological polar surface area (TPSA) is 59.8 Å². The summed E-state index contributed by atoms with van der Waals surface area (Å²) in [6, 6.07) is 3.62. The molecule has 0 unspecified atom stereocenters. The summed E-state index contributed by atoms with van der Waals surface area (Å²) in [6.07, 6.45) is 2.72. The van der Waals surface area contributed by atoms with E-state index in [0.717, 1.165) is 5.56 Å². The second kappa shape index (κ2) is 3.74. The standard InChI is InChI=1S/C12H19N3O2/c1-11(2)12(3,4)15(17)10(14(11)16)9-6-5-7-13-8-9/h5-8,10,16-17H,1-4H3. The first kappa shape index (κ1) is 12.4. The molecule has 2 rings (SSSR count). The van der Waals surface area contributed by atoms with E-state index < -0.39 is 17.2 Å². The average molecular weight is 237 g/mol. The molecule has 0 atom stereocenters. The molecule has 1 aliphatic rings. The van der Waals surface area contributed by atoms with Crippen molar-refractivity contribution in [2.75, 3.05) is 0 Å². The predicted molar refractivity (Wildman–Crippen MR) is 62.4 cm³/mol. The molecule has 1 aromatic heterocycles. The van der Waals surface area contributed by atoms with Gasteiger partial charge in [0.25, 0.3) is 0 Å². The molecular weight excluding hydrogens is 218 g/mol. The van der Waals surface area contributed by atoms with E-state index in [0.29, 0.717) is 0 Å². The van der Waals surface area contributed by atoms with Gasteiger partial charge in [-0.1, -0.05) is 6.07 Å². The van der Waals surface area contributed by atoms with E-state index in [1.54, 1.807) is 18.5 Å². The van der Waals surface area contributed by atoms with Gasteiger partial charge >= 0.3 is 0 Å². The van der Waals surface area contributed by atoms with Crippen molar-refractivity contribution >= 4 is 0 Å². The molecule has 5 nitrogen and oxygen atoms in total. The van der Waals surface area contributed by atoms with E-state index in [-0.39, 0.29) is 0 Å². The van der Waals surface area contributed by atoms with Crippen LogP contribution >= 0.6 is 0 Å². The van der Waals surface area contributed by atoms with E-state index >= 15 is 0 Å². The minimum absolute atomic E-state index is 0.567. The second-order valence-electron chi connectivity index (χ2n) is 5.47. The molecule has 5 heteroatoms. The highest BCUT2D eigenvalue weighted by Gasteiger charge is 2.58. The van der Waals surface area contributed by atoms with Crippen molar-refractivity contribution in [2.45, 2.75) is 44.9 Å². The third-order valence-electron chi connectivity index (χ3n) is 4.09. The third-order valence-corrected chi connectivity index (χ3v) is 4.09. The van der Waals surface area contributed by atoms with Crippen LogP contribution in [0.3, 0.4) is 0 Å². The zero-order chi connectivity index (χ0) is 12.8. The van der Waals surface area contributed by atoms with Crippen molar-refractivity contribution in [1.82, 2.24) is 15.1 Å². The van der Waals surface area contributed by atoms with E-state index in [9.17, 15) is 10.4 Å². The van der Waals surface area contributed by atoms with Crippen LogP contribution in [-0.4, -0.2) is 36.6 Å². The highest BCUT2D eigenvalue weighted by Crippen LogP contribution is 2.47. The van der Waals surface area contributed by atoms with Crippen LogP contribution < -0.4 is 0 Å². The molecule has 1 aliphatic heterocycles. The van der Waals surface area contributed by atoms with E-state index in [1.165, 1.54) is 10.1 Å². The van der Waals surface area contributed by atoms with Crippen LogP contribution in [0.15, 0.2) is 24.5 Å². The van der Waals surface area contributed by atoms with Gasteiger partial charge in [-0.05, 0) is 33.8 Å². The lowest BCUT2D eigenvalue weighted by molar-refractivity contribution is -0.223. The van der Waals surface area contributed by atoms with Crippen molar-refractivity contribution in [1.29, 1.82) is 0 Å². The average Bonchev–Trinajstić information content (AvgIpc) is 2.40. The number of hydrogen-bond donors (Lipinski definition) is 2. The van der Waals surface area contributed by atoms with Crippen molar-refractivity contribution < 1.29 is 10.4 Å². The molecule has 0 amide bonds. The van der Waals surface area contributed by atoms with Gasteiger partial charge in [-0.15, -0.1) is 0 Å². The molecule has 94 valence electrons. The van der Waals surface area contributed by atoms with Crippen molar-refractivity contribution in [2.24, 2.45) is 0 Å². The minimum atomic E-state index is -0.589. The summed E-state index contributed by atoms with van der Waals surface area (Å²) in [4.78, 5) is 4.02. The Morgan fingerprint density at radius 2 is 1.65 bits per heavy atom. The highest BCUT2D eigenvalue weighted by molar-refractivity contribution is 5.19. The SMILES string of the molecule is CC1(C)N(O)C(c2cccnc2)N(O)C1(C)C. The van der Waals surface area contributed by atoms with Crippen molar-refractivity contribution in [3.05, 3.63) is 30.1 Å². The number of nitrogens with zero attached hydrogens (tertiary/aromatic N) is 3. The van der Waals surface area contributed by atoms with Gasteiger partial charge < -0.3 is 10.4 Å². The lowest BCUT2D eigenvalue weighted by atomic mass is 9.84. The van der Waals surface area contributed by atoms with Gasteiger partial charge in [-0.3, -0.25) is 4.98 Å². The summed E-state index contributed by atoms with van der Waals surface area (Å²) < 4.78 is 0. The minimum Gasteiger partial charge on any atom is -0.311 e. The fourth-order valence-corrected chi connectivity index (χ4v) is 2.09. The van der Waals surface area contributed by atoms with Gasteiger partial charge in [0.05, 0.1) is 11.1 Å². The molecule has 0 spiro atoms. The highest BCUT2D eigenvalue weighted by atomic mass is 16.6. The first-order valence-electron chi connectivity index (χ1n) is 5.66. The summed E-state index contributed by atoms with van der Waals surface area (Å²) in [5, 5.41) is 22.9. The smallest absolute Gasteiger partial charge is 0.138 e. The maximum absolute atomic E-state index is 10.3. The van der Waals surface area contributed by atoms with Gasteiger partial charge in [-0.25, -0.2) is 0 Å². The summed E-state index contributed by atoms with van der Waals surface area (Å²) in [7, 11) is 0. The molecule has 2 N–H and O–H groups in total. The molecule has 2 heterocycles. The maximum atomic E-state index is 10.3. The van der Waals surface area contributed by atoms with Gasteiger partial charge in [0.15, 0.2) is 0 Å². The molecule has 0 aliphatic carbocycles. The molecule has 1 saturated heterocycles. The maximum Gasteiger partial charge on any atom is 0.138 e. The van der Waals surface area contributed by atoms with Crippen molar-refractivity contribution in [3.8, 4) is 0 Å². The van der Waals surface area contributed by atoms with Crippen molar-refractivity contribution in [3.63, 3.8) is 0 Å². The Morgan fingerprint density at radius 1 is 1.12 bits per heavy atom.